The Kier molecular flexibility index (Phi) is 3.93. The summed E-state index contributed by atoms with van der Waals surface area (Å²) >= 11 is 3.36. The highest BCUT2D eigenvalue weighted by Crippen LogP contribution is 2.18. The van der Waals surface area contributed by atoms with Gasteiger partial charge in [-0.3, -0.25) is 0 Å². The number of halogens is 1. The van der Waals surface area contributed by atoms with Crippen LogP contribution in [0.4, 0.5) is 5.95 Å². The van der Waals surface area contributed by atoms with Crippen molar-refractivity contribution in [2.24, 2.45) is 7.05 Å². The van der Waals surface area contributed by atoms with E-state index < -0.39 is 6.10 Å². The van der Waals surface area contributed by atoms with Gasteiger partial charge in [0.15, 0.2) is 0 Å². The molecule has 6 nitrogen and oxygen atoms in total. The van der Waals surface area contributed by atoms with Crippen LogP contribution in [-0.2, 0) is 7.05 Å². The average Bonchev–Trinajstić information content (AvgIpc) is 2.76. The van der Waals surface area contributed by atoms with Gasteiger partial charge in [-0.05, 0) is 28.1 Å². The van der Waals surface area contributed by atoms with Gasteiger partial charge < -0.3 is 10.0 Å². The zero-order valence-electron chi connectivity index (χ0n) is 10.2. The van der Waals surface area contributed by atoms with Crippen LogP contribution in [0.25, 0.3) is 0 Å². The van der Waals surface area contributed by atoms with Crippen LogP contribution < -0.4 is 4.90 Å². The zero-order chi connectivity index (χ0) is 13.1. The number of anilines is 1. The van der Waals surface area contributed by atoms with Crippen molar-refractivity contribution in [3.05, 3.63) is 34.3 Å². The fourth-order valence-electron chi connectivity index (χ4n) is 1.68. The molecule has 0 saturated heterocycles. The van der Waals surface area contributed by atoms with Crippen molar-refractivity contribution in [2.45, 2.75) is 6.10 Å². The van der Waals surface area contributed by atoms with Gasteiger partial charge in [0.1, 0.15) is 0 Å². The number of benzene rings is 1. The molecule has 7 heteroatoms. The summed E-state index contributed by atoms with van der Waals surface area (Å²) in [7, 11) is 3.60. The third kappa shape index (κ3) is 2.85. The summed E-state index contributed by atoms with van der Waals surface area (Å²) in [6.45, 7) is 0.426. The molecule has 1 unspecified atom stereocenters. The summed E-state index contributed by atoms with van der Waals surface area (Å²) in [5.41, 5.74) is 0.861. The van der Waals surface area contributed by atoms with Gasteiger partial charge in [-0.15, -0.1) is 0 Å². The quantitative estimate of drug-likeness (QED) is 0.917. The highest BCUT2D eigenvalue weighted by Gasteiger charge is 2.14. The normalized spacial score (nSPS) is 12.4. The number of aliphatic hydroxyl groups is 1. The van der Waals surface area contributed by atoms with Crippen LogP contribution in [0.3, 0.4) is 0 Å². The summed E-state index contributed by atoms with van der Waals surface area (Å²) in [6.07, 6.45) is -0.584. The Hall–Kier alpha value is -1.47. The van der Waals surface area contributed by atoms with Crippen molar-refractivity contribution < 1.29 is 5.11 Å². The first-order valence-corrected chi connectivity index (χ1v) is 6.24. The largest absolute Gasteiger partial charge is 0.387 e. The maximum Gasteiger partial charge on any atom is 0.245 e. The highest BCUT2D eigenvalue weighted by atomic mass is 79.9. The number of nitrogens with zero attached hydrogens (tertiary/aromatic N) is 5. The SMILES string of the molecule is CN(CC(O)c1ccc(Br)cc1)c1nnnn1C. The van der Waals surface area contributed by atoms with Crippen molar-refractivity contribution in [1.29, 1.82) is 0 Å². The molecule has 0 aliphatic carbocycles. The minimum Gasteiger partial charge on any atom is -0.387 e. The van der Waals surface area contributed by atoms with Gasteiger partial charge in [0.05, 0.1) is 12.6 Å². The number of likely N-dealkylation sites (N-methyl/N-ethyl adjacent to an activating group) is 1. The standard InChI is InChI=1S/C11H14BrN5O/c1-16(11-13-14-15-17(11)2)7-10(18)8-3-5-9(12)6-4-8/h3-6,10,18H,7H2,1-2H3. The molecule has 1 atom stereocenters. The molecule has 0 aliphatic heterocycles. The smallest absolute Gasteiger partial charge is 0.245 e. The average molecular weight is 312 g/mol. The summed E-state index contributed by atoms with van der Waals surface area (Å²) in [5.74, 6) is 0.617. The Labute approximate surface area is 113 Å². The van der Waals surface area contributed by atoms with Crippen molar-refractivity contribution in [3.8, 4) is 0 Å². The lowest BCUT2D eigenvalue weighted by Gasteiger charge is -2.20. The third-order valence-electron chi connectivity index (χ3n) is 2.64. The molecule has 1 aromatic carbocycles. The molecule has 18 heavy (non-hydrogen) atoms. The second kappa shape index (κ2) is 5.45. The molecular weight excluding hydrogens is 298 g/mol. The van der Waals surface area contributed by atoms with Crippen LogP contribution >= 0.6 is 15.9 Å². The van der Waals surface area contributed by atoms with Gasteiger partial charge >= 0.3 is 0 Å². The second-order valence-electron chi connectivity index (χ2n) is 4.05. The minimum absolute atomic E-state index is 0.426. The Morgan fingerprint density at radius 1 is 1.39 bits per heavy atom. The third-order valence-corrected chi connectivity index (χ3v) is 3.17. The maximum absolute atomic E-state index is 10.1. The molecule has 1 heterocycles. The summed E-state index contributed by atoms with van der Waals surface area (Å²) < 4.78 is 2.55. The molecule has 0 saturated carbocycles. The zero-order valence-corrected chi connectivity index (χ0v) is 11.7. The van der Waals surface area contributed by atoms with E-state index in [-0.39, 0.29) is 0 Å². The van der Waals surface area contributed by atoms with E-state index in [1.54, 1.807) is 11.7 Å². The predicted octanol–water partition coefficient (Wildman–Crippen LogP) is 1.14. The molecule has 0 spiro atoms. The van der Waals surface area contributed by atoms with Gasteiger partial charge in [0.25, 0.3) is 0 Å². The molecule has 0 aliphatic rings. The Balaban J connectivity index is 2.05. The van der Waals surface area contributed by atoms with Crippen LogP contribution in [0.2, 0.25) is 0 Å². The molecule has 2 rings (SSSR count). The van der Waals surface area contributed by atoms with Crippen molar-refractivity contribution >= 4 is 21.9 Å². The monoisotopic (exact) mass is 311 g/mol. The van der Waals surface area contributed by atoms with E-state index in [1.165, 1.54) is 0 Å². The Morgan fingerprint density at radius 2 is 2.06 bits per heavy atom. The van der Waals surface area contributed by atoms with Crippen LogP contribution in [-0.4, -0.2) is 38.9 Å². The van der Waals surface area contributed by atoms with E-state index in [9.17, 15) is 5.11 Å². The van der Waals surface area contributed by atoms with Crippen LogP contribution in [0.5, 0.6) is 0 Å². The van der Waals surface area contributed by atoms with E-state index in [4.69, 9.17) is 0 Å². The Morgan fingerprint density at radius 3 is 2.61 bits per heavy atom. The van der Waals surface area contributed by atoms with E-state index in [1.807, 2.05) is 36.2 Å². The number of aliphatic hydroxyl groups excluding tert-OH is 1. The fourth-order valence-corrected chi connectivity index (χ4v) is 1.94. The maximum atomic E-state index is 10.1. The predicted molar refractivity (Wildman–Crippen MR) is 71.2 cm³/mol. The van der Waals surface area contributed by atoms with Crippen LogP contribution in [0, 0.1) is 0 Å². The fraction of sp³-hybridized carbons (Fsp3) is 0.364. The molecule has 0 amide bonds. The molecule has 0 fully saturated rings. The topological polar surface area (TPSA) is 67.1 Å². The first-order valence-electron chi connectivity index (χ1n) is 5.45. The van der Waals surface area contributed by atoms with Gasteiger partial charge in [-0.25, -0.2) is 4.68 Å². The number of aryl methyl sites for hydroxylation is 1. The first-order chi connectivity index (χ1) is 8.58. The lowest BCUT2D eigenvalue weighted by atomic mass is 10.1. The first kappa shape index (κ1) is 13.0. The molecule has 0 radical (unpaired) electrons. The van der Waals surface area contributed by atoms with Crippen molar-refractivity contribution in [3.63, 3.8) is 0 Å². The molecule has 96 valence electrons. The number of tetrazole rings is 1. The summed E-state index contributed by atoms with van der Waals surface area (Å²) in [5, 5.41) is 21.3. The van der Waals surface area contributed by atoms with Crippen LogP contribution in [0.15, 0.2) is 28.7 Å². The number of aromatic nitrogens is 4. The van der Waals surface area contributed by atoms with Crippen molar-refractivity contribution in [2.75, 3.05) is 18.5 Å². The summed E-state index contributed by atoms with van der Waals surface area (Å²) in [6, 6.07) is 7.58. The highest BCUT2D eigenvalue weighted by molar-refractivity contribution is 9.10. The van der Waals surface area contributed by atoms with E-state index in [0.717, 1.165) is 10.0 Å². The lowest BCUT2D eigenvalue weighted by Crippen LogP contribution is -2.26. The molecular formula is C11H14BrN5O. The molecule has 2 aromatic rings. The number of hydrogen-bond acceptors (Lipinski definition) is 5. The van der Waals surface area contributed by atoms with Crippen molar-refractivity contribution in [1.82, 2.24) is 20.2 Å². The number of hydrogen-bond donors (Lipinski definition) is 1. The van der Waals surface area contributed by atoms with Crippen LogP contribution in [0.1, 0.15) is 11.7 Å². The van der Waals surface area contributed by atoms with Gasteiger partial charge in [-0.2, -0.15) is 0 Å². The minimum atomic E-state index is -0.584. The lowest BCUT2D eigenvalue weighted by molar-refractivity contribution is 0.184. The molecule has 0 bridgehead atoms. The van der Waals surface area contributed by atoms with Gasteiger partial charge in [0, 0.05) is 18.6 Å². The Bertz CT molecular complexity index is 512. The van der Waals surface area contributed by atoms with E-state index in [2.05, 4.69) is 31.5 Å². The molecule has 1 aromatic heterocycles. The van der Waals surface area contributed by atoms with Gasteiger partial charge in [0.2, 0.25) is 5.95 Å². The summed E-state index contributed by atoms with van der Waals surface area (Å²) in [4.78, 5) is 1.81. The second-order valence-corrected chi connectivity index (χ2v) is 4.97. The van der Waals surface area contributed by atoms with E-state index in [0.29, 0.717) is 12.5 Å². The van der Waals surface area contributed by atoms with E-state index >= 15 is 0 Å². The molecule has 1 N–H and O–H groups in total. The van der Waals surface area contributed by atoms with Gasteiger partial charge in [-0.1, -0.05) is 33.2 Å². The number of rotatable bonds is 4.